The van der Waals surface area contributed by atoms with Crippen molar-refractivity contribution in [2.75, 3.05) is 19.1 Å². The van der Waals surface area contributed by atoms with Gasteiger partial charge in [0, 0.05) is 31.2 Å². The fraction of sp³-hybridized carbons (Fsp3) is 0.250. The number of carbonyl (C=O) groups excluding carboxylic acids is 1. The number of anilines is 1. The zero-order valence-corrected chi connectivity index (χ0v) is 15.8. The van der Waals surface area contributed by atoms with Crippen LogP contribution >= 0.6 is 11.6 Å². The fourth-order valence-electron chi connectivity index (χ4n) is 3.29. The van der Waals surface area contributed by atoms with Crippen LogP contribution in [0.25, 0.3) is 0 Å². The molecule has 0 spiro atoms. The van der Waals surface area contributed by atoms with Gasteiger partial charge in [-0.25, -0.2) is 4.79 Å². The molecule has 0 amide bonds. The molecule has 3 rings (SSSR count). The number of hydrogen-bond acceptors (Lipinski definition) is 6. The molecule has 6 nitrogen and oxygen atoms in total. The van der Waals surface area contributed by atoms with Gasteiger partial charge in [0.25, 0.3) is 0 Å². The number of carbonyl (C=O) groups is 1. The third kappa shape index (κ3) is 3.66. The van der Waals surface area contributed by atoms with Crippen LogP contribution in [0.1, 0.15) is 22.3 Å². The molecule has 0 radical (unpaired) electrons. The highest BCUT2D eigenvalue weighted by atomic mass is 35.5. The van der Waals surface area contributed by atoms with Gasteiger partial charge in [0.1, 0.15) is 23.2 Å². The smallest absolute Gasteiger partial charge is 0.341 e. The van der Waals surface area contributed by atoms with Crippen molar-refractivity contribution in [1.29, 1.82) is 0 Å². The minimum absolute atomic E-state index is 0.00143. The van der Waals surface area contributed by atoms with Gasteiger partial charge < -0.3 is 24.7 Å². The average molecular weight is 389 g/mol. The second-order valence-electron chi connectivity index (χ2n) is 6.30. The van der Waals surface area contributed by atoms with Crippen LogP contribution in [0.2, 0.25) is 5.02 Å². The molecule has 142 valence electrons. The first-order valence-corrected chi connectivity index (χ1v) is 8.87. The number of esters is 1. The summed E-state index contributed by atoms with van der Waals surface area (Å²) in [5.74, 6) is -1.31. The minimum atomic E-state index is -0.692. The maximum atomic E-state index is 12.1. The summed E-state index contributed by atoms with van der Waals surface area (Å²) < 4.78 is 4.76. The van der Waals surface area contributed by atoms with Crippen LogP contribution < -0.4 is 4.90 Å². The van der Waals surface area contributed by atoms with E-state index in [0.29, 0.717) is 18.4 Å². The van der Waals surface area contributed by atoms with E-state index in [-0.39, 0.29) is 28.3 Å². The summed E-state index contributed by atoms with van der Waals surface area (Å²) in [7, 11) is 3.20. The SMILES string of the molecule is COC(=O)c1c(O)cc(O)c(Cl)c1CCC1N(C)C=CN1c1ccccc1. The number of para-hydroxylation sites is 1. The zero-order valence-electron chi connectivity index (χ0n) is 15.1. The Morgan fingerprint density at radius 3 is 2.56 bits per heavy atom. The van der Waals surface area contributed by atoms with E-state index in [4.69, 9.17) is 16.3 Å². The third-order valence-corrected chi connectivity index (χ3v) is 5.09. The van der Waals surface area contributed by atoms with Gasteiger partial charge >= 0.3 is 5.97 Å². The van der Waals surface area contributed by atoms with E-state index >= 15 is 0 Å². The van der Waals surface area contributed by atoms with Crippen LogP contribution in [0.3, 0.4) is 0 Å². The Morgan fingerprint density at radius 1 is 1.19 bits per heavy atom. The number of phenols is 2. The zero-order chi connectivity index (χ0) is 19.6. The predicted octanol–water partition coefficient (Wildman–Crippen LogP) is 3.72. The van der Waals surface area contributed by atoms with E-state index in [1.54, 1.807) is 0 Å². The van der Waals surface area contributed by atoms with Gasteiger partial charge in [0.2, 0.25) is 0 Å². The first-order valence-electron chi connectivity index (χ1n) is 8.49. The summed E-state index contributed by atoms with van der Waals surface area (Å²) in [5, 5.41) is 20.1. The van der Waals surface area contributed by atoms with E-state index < -0.39 is 5.97 Å². The number of nitrogens with zero attached hydrogens (tertiary/aromatic N) is 2. The van der Waals surface area contributed by atoms with Crippen LogP contribution in [0.4, 0.5) is 5.69 Å². The van der Waals surface area contributed by atoms with Crippen LogP contribution in [-0.4, -0.2) is 41.4 Å². The van der Waals surface area contributed by atoms with Gasteiger partial charge in [-0.05, 0) is 30.5 Å². The topological polar surface area (TPSA) is 73.2 Å². The minimum Gasteiger partial charge on any atom is -0.507 e. The molecular formula is C20H21ClN2O4. The Labute approximate surface area is 162 Å². The number of ether oxygens (including phenoxy) is 1. The van der Waals surface area contributed by atoms with Crippen molar-refractivity contribution < 1.29 is 19.7 Å². The molecule has 1 atom stereocenters. The largest absolute Gasteiger partial charge is 0.507 e. The first kappa shape index (κ1) is 18.9. The normalized spacial score (nSPS) is 16.0. The van der Waals surface area contributed by atoms with Gasteiger partial charge in [0.15, 0.2) is 0 Å². The molecule has 1 heterocycles. The molecular weight excluding hydrogens is 368 g/mol. The molecule has 1 aliphatic heterocycles. The molecule has 0 saturated carbocycles. The molecule has 0 aromatic heterocycles. The van der Waals surface area contributed by atoms with Crippen molar-refractivity contribution in [3.05, 3.63) is 64.9 Å². The number of benzene rings is 2. The van der Waals surface area contributed by atoms with Crippen molar-refractivity contribution in [2.45, 2.75) is 19.0 Å². The van der Waals surface area contributed by atoms with Crippen LogP contribution in [-0.2, 0) is 11.2 Å². The lowest BCUT2D eigenvalue weighted by Crippen LogP contribution is -2.37. The Balaban J connectivity index is 1.89. The second kappa shape index (κ2) is 7.80. The van der Waals surface area contributed by atoms with E-state index in [2.05, 4.69) is 9.80 Å². The predicted molar refractivity (Wildman–Crippen MR) is 104 cm³/mol. The van der Waals surface area contributed by atoms with E-state index in [1.807, 2.05) is 49.8 Å². The Hall–Kier alpha value is -2.86. The van der Waals surface area contributed by atoms with Gasteiger partial charge in [-0.15, -0.1) is 0 Å². The van der Waals surface area contributed by atoms with Crippen LogP contribution in [0, 0.1) is 0 Å². The lowest BCUT2D eigenvalue weighted by atomic mass is 9.99. The Morgan fingerprint density at radius 2 is 1.89 bits per heavy atom. The number of aromatic hydroxyl groups is 2. The number of methoxy groups -OCH3 is 1. The quantitative estimate of drug-likeness (QED) is 0.760. The summed E-state index contributed by atoms with van der Waals surface area (Å²) in [4.78, 5) is 16.3. The van der Waals surface area contributed by atoms with Crippen LogP contribution in [0.5, 0.6) is 11.5 Å². The molecule has 0 fully saturated rings. The molecule has 2 aromatic carbocycles. The summed E-state index contributed by atoms with van der Waals surface area (Å²) >= 11 is 6.23. The van der Waals surface area contributed by atoms with E-state index in [1.165, 1.54) is 7.11 Å². The van der Waals surface area contributed by atoms with Gasteiger partial charge in [0.05, 0.1) is 12.1 Å². The first-order chi connectivity index (χ1) is 12.9. The van der Waals surface area contributed by atoms with Crippen LogP contribution in [0.15, 0.2) is 48.8 Å². The summed E-state index contributed by atoms with van der Waals surface area (Å²) in [5.41, 5.74) is 1.40. The summed E-state index contributed by atoms with van der Waals surface area (Å²) in [6, 6.07) is 11.0. The molecule has 7 heteroatoms. The lowest BCUT2D eigenvalue weighted by molar-refractivity contribution is 0.0596. The third-order valence-electron chi connectivity index (χ3n) is 4.67. The number of rotatable bonds is 5. The highest BCUT2D eigenvalue weighted by Gasteiger charge is 2.28. The summed E-state index contributed by atoms with van der Waals surface area (Å²) in [6.07, 6.45) is 4.93. The van der Waals surface area contributed by atoms with Gasteiger partial charge in [-0.1, -0.05) is 29.8 Å². The molecule has 1 aliphatic rings. The van der Waals surface area contributed by atoms with E-state index in [0.717, 1.165) is 11.8 Å². The van der Waals surface area contributed by atoms with Gasteiger partial charge in [-0.3, -0.25) is 0 Å². The molecule has 2 N–H and O–H groups in total. The number of phenolic OH excluding ortho intramolecular Hbond substituents is 2. The highest BCUT2D eigenvalue weighted by molar-refractivity contribution is 6.33. The average Bonchev–Trinajstić information content (AvgIpc) is 3.04. The van der Waals surface area contributed by atoms with E-state index in [9.17, 15) is 15.0 Å². The molecule has 1 unspecified atom stereocenters. The van der Waals surface area contributed by atoms with Crippen molar-refractivity contribution in [2.24, 2.45) is 0 Å². The fourth-order valence-corrected chi connectivity index (χ4v) is 3.54. The standard InChI is InChI=1S/C20H21ClN2O4/c1-22-10-11-23(13-6-4-3-5-7-13)17(22)9-8-14-18(20(26)27-2)15(24)12-16(25)19(14)21/h3-7,10-12,17,24-25H,8-9H2,1-2H3. The Bertz CT molecular complexity index is 870. The highest BCUT2D eigenvalue weighted by Crippen LogP contribution is 2.38. The second-order valence-corrected chi connectivity index (χ2v) is 6.68. The van der Waals surface area contributed by atoms with Crippen molar-refractivity contribution in [1.82, 2.24) is 4.90 Å². The van der Waals surface area contributed by atoms with Crippen molar-refractivity contribution in [3.63, 3.8) is 0 Å². The molecule has 0 bridgehead atoms. The monoisotopic (exact) mass is 388 g/mol. The molecule has 0 aliphatic carbocycles. The molecule has 2 aromatic rings. The summed E-state index contributed by atoms with van der Waals surface area (Å²) in [6.45, 7) is 0. The lowest BCUT2D eigenvalue weighted by Gasteiger charge is -2.31. The number of halogens is 1. The molecule has 27 heavy (non-hydrogen) atoms. The Kier molecular flexibility index (Phi) is 5.46. The molecule has 0 saturated heterocycles. The maximum absolute atomic E-state index is 12.1. The van der Waals surface area contributed by atoms with Crippen molar-refractivity contribution >= 4 is 23.3 Å². The maximum Gasteiger partial charge on any atom is 0.341 e. The van der Waals surface area contributed by atoms with Crippen molar-refractivity contribution in [3.8, 4) is 11.5 Å². The number of hydrogen-bond donors (Lipinski definition) is 2. The van der Waals surface area contributed by atoms with Gasteiger partial charge in [-0.2, -0.15) is 0 Å².